The molecule has 20 heavy (non-hydrogen) atoms. The van der Waals surface area contributed by atoms with E-state index in [0.717, 1.165) is 30.2 Å². The second-order valence-corrected chi connectivity index (χ2v) is 8.44. The van der Waals surface area contributed by atoms with Crippen molar-refractivity contribution < 1.29 is 0 Å². The molecule has 1 aromatic heterocycles. The quantitative estimate of drug-likeness (QED) is 0.691. The Hall–Kier alpha value is 0.140. The van der Waals surface area contributed by atoms with Gasteiger partial charge in [0.1, 0.15) is 0 Å². The zero-order chi connectivity index (χ0) is 14.5. The van der Waals surface area contributed by atoms with Crippen LogP contribution in [0.3, 0.4) is 0 Å². The van der Waals surface area contributed by atoms with Crippen LogP contribution >= 0.6 is 27.3 Å². The molecule has 1 aliphatic rings. The smallest absolute Gasteiger partial charge is 0.0317 e. The van der Waals surface area contributed by atoms with Crippen molar-refractivity contribution in [1.29, 1.82) is 0 Å². The lowest BCUT2D eigenvalue weighted by atomic mass is 9.72. The van der Waals surface area contributed by atoms with E-state index in [4.69, 9.17) is 0 Å². The molecule has 1 aliphatic carbocycles. The summed E-state index contributed by atoms with van der Waals surface area (Å²) >= 11 is 5.69. The van der Waals surface area contributed by atoms with Crippen molar-refractivity contribution in [2.24, 2.45) is 17.8 Å². The zero-order valence-electron chi connectivity index (χ0n) is 13.0. The molecule has 0 aromatic carbocycles. The Labute approximate surface area is 136 Å². The van der Waals surface area contributed by atoms with Crippen molar-refractivity contribution >= 4 is 27.3 Å². The van der Waals surface area contributed by atoms with Gasteiger partial charge in [0.25, 0.3) is 0 Å². The molecule has 3 unspecified atom stereocenters. The van der Waals surface area contributed by atoms with Crippen molar-refractivity contribution in [2.45, 2.75) is 52.4 Å². The highest BCUT2D eigenvalue weighted by Crippen LogP contribution is 2.45. The third-order valence-electron chi connectivity index (χ3n) is 4.62. The molecule has 1 saturated carbocycles. The molecular weight excluding hydrogens is 330 g/mol. The second kappa shape index (κ2) is 7.95. The maximum atomic E-state index is 3.75. The molecule has 3 heteroatoms. The maximum absolute atomic E-state index is 3.75. The van der Waals surface area contributed by atoms with Gasteiger partial charge in [-0.1, -0.05) is 33.6 Å². The van der Waals surface area contributed by atoms with E-state index in [1.165, 1.54) is 36.7 Å². The third kappa shape index (κ3) is 4.32. The average molecular weight is 358 g/mol. The predicted octanol–water partition coefficient (Wildman–Crippen LogP) is 5.67. The molecule has 1 N–H and O–H groups in total. The lowest BCUT2D eigenvalue weighted by Crippen LogP contribution is -2.33. The van der Waals surface area contributed by atoms with Gasteiger partial charge in [-0.15, -0.1) is 11.3 Å². The third-order valence-corrected chi connectivity index (χ3v) is 6.62. The van der Waals surface area contributed by atoms with Crippen LogP contribution in [0.5, 0.6) is 0 Å². The lowest BCUT2D eigenvalue weighted by molar-refractivity contribution is 0.226. The van der Waals surface area contributed by atoms with Gasteiger partial charge in [-0.25, -0.2) is 0 Å². The molecule has 2 rings (SSSR count). The SMILES string of the molecule is CCC1CCC(CNCC(C)C)C(c2sccc2Br)C1. The van der Waals surface area contributed by atoms with Crippen LogP contribution in [0.2, 0.25) is 0 Å². The van der Waals surface area contributed by atoms with Crippen molar-refractivity contribution in [3.8, 4) is 0 Å². The first-order valence-corrected chi connectivity index (χ1v) is 9.72. The van der Waals surface area contributed by atoms with Gasteiger partial charge in [0, 0.05) is 9.35 Å². The summed E-state index contributed by atoms with van der Waals surface area (Å²) in [5.74, 6) is 3.23. The molecule has 1 aromatic rings. The number of hydrogen-bond donors (Lipinski definition) is 1. The van der Waals surface area contributed by atoms with Crippen LogP contribution < -0.4 is 5.32 Å². The fraction of sp³-hybridized carbons (Fsp3) is 0.765. The van der Waals surface area contributed by atoms with Crippen LogP contribution in [0.25, 0.3) is 0 Å². The van der Waals surface area contributed by atoms with E-state index in [-0.39, 0.29) is 0 Å². The molecule has 114 valence electrons. The van der Waals surface area contributed by atoms with Crippen LogP contribution in [-0.2, 0) is 0 Å². The number of hydrogen-bond acceptors (Lipinski definition) is 2. The molecule has 0 saturated heterocycles. The standard InChI is InChI=1S/C17H28BrNS/c1-4-13-5-6-14(11-19-10-12(2)3)15(9-13)17-16(18)7-8-20-17/h7-8,12-15,19H,4-6,9-11H2,1-3H3. The van der Waals surface area contributed by atoms with E-state index in [2.05, 4.69) is 53.5 Å². The highest BCUT2D eigenvalue weighted by Gasteiger charge is 2.32. The van der Waals surface area contributed by atoms with Gasteiger partial charge >= 0.3 is 0 Å². The van der Waals surface area contributed by atoms with Crippen LogP contribution in [0.1, 0.15) is 57.2 Å². The molecule has 0 spiro atoms. The van der Waals surface area contributed by atoms with Crippen molar-refractivity contribution in [3.63, 3.8) is 0 Å². The van der Waals surface area contributed by atoms with Crippen LogP contribution in [0, 0.1) is 17.8 Å². The normalized spacial score (nSPS) is 27.1. The largest absolute Gasteiger partial charge is 0.316 e. The summed E-state index contributed by atoms with van der Waals surface area (Å²) in [6, 6.07) is 2.22. The van der Waals surface area contributed by atoms with Gasteiger partial charge in [0.15, 0.2) is 0 Å². The van der Waals surface area contributed by atoms with E-state index in [0.29, 0.717) is 0 Å². The minimum absolute atomic E-state index is 0.744. The predicted molar refractivity (Wildman–Crippen MR) is 93.6 cm³/mol. The Kier molecular flexibility index (Phi) is 6.57. The van der Waals surface area contributed by atoms with Crippen LogP contribution in [0.4, 0.5) is 0 Å². The maximum Gasteiger partial charge on any atom is 0.0317 e. The molecule has 1 heterocycles. The van der Waals surface area contributed by atoms with Gasteiger partial charge in [-0.3, -0.25) is 0 Å². The Morgan fingerprint density at radius 3 is 2.80 bits per heavy atom. The Balaban J connectivity index is 2.02. The van der Waals surface area contributed by atoms with Gasteiger partial charge in [-0.05, 0) is 77.0 Å². The minimum atomic E-state index is 0.744. The van der Waals surface area contributed by atoms with E-state index in [1.54, 1.807) is 4.88 Å². The van der Waals surface area contributed by atoms with Crippen LogP contribution in [-0.4, -0.2) is 13.1 Å². The molecule has 0 radical (unpaired) electrons. The van der Waals surface area contributed by atoms with E-state index >= 15 is 0 Å². The second-order valence-electron chi connectivity index (χ2n) is 6.64. The van der Waals surface area contributed by atoms with Gasteiger partial charge in [0.2, 0.25) is 0 Å². The monoisotopic (exact) mass is 357 g/mol. The summed E-state index contributed by atoms with van der Waals surface area (Å²) in [5, 5.41) is 5.92. The average Bonchev–Trinajstić information content (AvgIpc) is 2.85. The summed E-state index contributed by atoms with van der Waals surface area (Å²) in [5.41, 5.74) is 0. The summed E-state index contributed by atoms with van der Waals surface area (Å²) in [4.78, 5) is 1.58. The van der Waals surface area contributed by atoms with Gasteiger partial charge < -0.3 is 5.32 Å². The first kappa shape index (κ1) is 16.5. The molecule has 1 nitrogen and oxygen atoms in total. The van der Waals surface area contributed by atoms with Crippen molar-refractivity contribution in [1.82, 2.24) is 5.32 Å². The van der Waals surface area contributed by atoms with Gasteiger partial charge in [-0.2, -0.15) is 0 Å². The van der Waals surface area contributed by atoms with Crippen LogP contribution in [0.15, 0.2) is 15.9 Å². The van der Waals surface area contributed by atoms with E-state index < -0.39 is 0 Å². The molecule has 0 amide bonds. The Morgan fingerprint density at radius 1 is 1.40 bits per heavy atom. The summed E-state index contributed by atoms with van der Waals surface area (Å²) < 4.78 is 1.33. The highest BCUT2D eigenvalue weighted by molar-refractivity contribution is 9.10. The van der Waals surface area contributed by atoms with Crippen molar-refractivity contribution in [3.05, 3.63) is 20.8 Å². The first-order chi connectivity index (χ1) is 9.61. The van der Waals surface area contributed by atoms with Gasteiger partial charge in [0.05, 0.1) is 0 Å². The number of halogens is 1. The fourth-order valence-corrected chi connectivity index (χ4v) is 5.26. The topological polar surface area (TPSA) is 12.0 Å². The Bertz CT molecular complexity index is 401. The van der Waals surface area contributed by atoms with Crippen molar-refractivity contribution in [2.75, 3.05) is 13.1 Å². The highest BCUT2D eigenvalue weighted by atomic mass is 79.9. The van der Waals surface area contributed by atoms with E-state index in [1.807, 2.05) is 11.3 Å². The van der Waals surface area contributed by atoms with E-state index in [9.17, 15) is 0 Å². The summed E-state index contributed by atoms with van der Waals surface area (Å²) in [6.07, 6.45) is 5.53. The molecule has 3 atom stereocenters. The number of rotatable bonds is 6. The molecular formula is C17H28BrNS. The number of thiophene rings is 1. The molecule has 0 aliphatic heterocycles. The minimum Gasteiger partial charge on any atom is -0.316 e. The zero-order valence-corrected chi connectivity index (χ0v) is 15.4. The molecule has 0 bridgehead atoms. The number of nitrogens with one attached hydrogen (secondary N) is 1. The first-order valence-electron chi connectivity index (χ1n) is 8.05. The fourth-order valence-electron chi connectivity index (χ4n) is 3.38. The lowest BCUT2D eigenvalue weighted by Gasteiger charge is -2.36. The summed E-state index contributed by atoms with van der Waals surface area (Å²) in [6.45, 7) is 9.25. The Morgan fingerprint density at radius 2 is 2.20 bits per heavy atom. The summed E-state index contributed by atoms with van der Waals surface area (Å²) in [7, 11) is 0. The molecule has 1 fully saturated rings.